The monoisotopic (exact) mass is 254 g/mol. The zero-order valence-electron chi connectivity index (χ0n) is 9.39. The first-order chi connectivity index (χ1) is 9.42. The Morgan fingerprint density at radius 1 is 0.947 bits per heavy atom. The first-order valence-corrected chi connectivity index (χ1v) is 5.38. The van der Waals surface area contributed by atoms with Crippen LogP contribution in [0.4, 0.5) is 0 Å². The van der Waals surface area contributed by atoms with Gasteiger partial charge in [-0.1, -0.05) is 6.07 Å². The Kier molecular flexibility index (Phi) is 1.89. The lowest BCUT2D eigenvalue weighted by Gasteiger charge is -1.99. The van der Waals surface area contributed by atoms with Crippen molar-refractivity contribution < 1.29 is 0 Å². The molecule has 0 unspecified atom stereocenters. The van der Waals surface area contributed by atoms with Gasteiger partial charge in [0.2, 0.25) is 0 Å². The topological polar surface area (TPSA) is 126 Å². The smallest absolute Gasteiger partial charge is 0.199 e. The molecule has 0 fully saturated rings. The van der Waals surface area contributed by atoms with E-state index in [0.717, 1.165) is 11.3 Å². The van der Waals surface area contributed by atoms with Crippen LogP contribution in [0.2, 0.25) is 0 Å². The predicted octanol–water partition coefficient (Wildman–Crippen LogP) is -0.306. The Morgan fingerprint density at radius 2 is 1.74 bits per heavy atom. The van der Waals surface area contributed by atoms with Crippen molar-refractivity contribution in [2.75, 3.05) is 0 Å². The Bertz CT molecular complexity index is 812. The summed E-state index contributed by atoms with van der Waals surface area (Å²) in [7, 11) is 0. The van der Waals surface area contributed by atoms with Crippen molar-refractivity contribution in [1.82, 2.24) is 50.6 Å². The predicted molar refractivity (Wildman–Crippen MR) is 61.5 cm³/mol. The highest BCUT2D eigenvalue weighted by Crippen LogP contribution is 2.20. The van der Waals surface area contributed by atoms with Crippen molar-refractivity contribution in [3.8, 4) is 23.0 Å². The lowest BCUT2D eigenvalue weighted by molar-refractivity contribution is 0.881. The molecule has 10 heteroatoms. The Balaban J connectivity index is 1.97. The van der Waals surface area contributed by atoms with Crippen LogP contribution in [0.15, 0.2) is 24.4 Å². The van der Waals surface area contributed by atoms with E-state index in [0.29, 0.717) is 17.3 Å². The summed E-state index contributed by atoms with van der Waals surface area (Å²) in [4.78, 5) is 4.43. The van der Waals surface area contributed by atoms with E-state index in [-0.39, 0.29) is 0 Å². The molecule has 0 saturated heterocycles. The second-order valence-corrected chi connectivity index (χ2v) is 3.77. The molecule has 92 valence electrons. The maximum atomic E-state index is 4.43. The van der Waals surface area contributed by atoms with Crippen molar-refractivity contribution >= 4 is 5.65 Å². The van der Waals surface area contributed by atoms with E-state index >= 15 is 0 Å². The summed E-state index contributed by atoms with van der Waals surface area (Å²) in [6.07, 6.45) is 1.81. The number of H-pyrrole nitrogens is 2. The minimum Gasteiger partial charge on any atom is -0.296 e. The largest absolute Gasteiger partial charge is 0.296 e. The lowest BCUT2D eigenvalue weighted by Crippen LogP contribution is -1.91. The number of nitrogens with zero attached hydrogens (tertiary/aromatic N) is 8. The van der Waals surface area contributed by atoms with Gasteiger partial charge in [0, 0.05) is 6.20 Å². The summed E-state index contributed by atoms with van der Waals surface area (Å²) in [5.74, 6) is 1.07. The van der Waals surface area contributed by atoms with E-state index < -0.39 is 0 Å². The zero-order chi connectivity index (χ0) is 12.7. The van der Waals surface area contributed by atoms with E-state index in [9.17, 15) is 0 Å². The van der Waals surface area contributed by atoms with Crippen LogP contribution in [-0.2, 0) is 0 Å². The molecular formula is C9H6N10. The number of hydrogen-bond acceptors (Lipinski definition) is 7. The van der Waals surface area contributed by atoms with Gasteiger partial charge < -0.3 is 0 Å². The Morgan fingerprint density at radius 3 is 2.47 bits per heavy atom. The maximum absolute atomic E-state index is 4.43. The molecule has 0 atom stereocenters. The number of tetrazole rings is 2. The number of aromatic amines is 2. The highest BCUT2D eigenvalue weighted by Gasteiger charge is 2.12. The van der Waals surface area contributed by atoms with Gasteiger partial charge in [-0.2, -0.15) is 0 Å². The van der Waals surface area contributed by atoms with Crippen LogP contribution in [0, 0.1) is 0 Å². The van der Waals surface area contributed by atoms with E-state index in [2.05, 4.69) is 46.2 Å². The second kappa shape index (κ2) is 3.66. The molecule has 0 aliphatic carbocycles. The molecule has 0 bridgehead atoms. The summed E-state index contributed by atoms with van der Waals surface area (Å²) >= 11 is 0. The van der Waals surface area contributed by atoms with Crippen molar-refractivity contribution in [3.05, 3.63) is 24.4 Å². The molecule has 0 aliphatic heterocycles. The molecular weight excluding hydrogens is 248 g/mol. The first kappa shape index (κ1) is 9.82. The van der Waals surface area contributed by atoms with E-state index in [4.69, 9.17) is 0 Å². The van der Waals surface area contributed by atoms with Gasteiger partial charge in [-0.3, -0.25) is 4.40 Å². The van der Waals surface area contributed by atoms with Gasteiger partial charge in [-0.05, 0) is 33.0 Å². The highest BCUT2D eigenvalue weighted by molar-refractivity contribution is 5.61. The molecule has 19 heavy (non-hydrogen) atoms. The summed E-state index contributed by atoms with van der Waals surface area (Å²) in [6.45, 7) is 0. The maximum Gasteiger partial charge on any atom is 0.199 e. The van der Waals surface area contributed by atoms with Crippen molar-refractivity contribution in [1.29, 1.82) is 0 Å². The van der Waals surface area contributed by atoms with E-state index in [1.54, 1.807) is 0 Å². The fourth-order valence-corrected chi connectivity index (χ4v) is 1.85. The Labute approximate surface area is 104 Å². The molecule has 0 spiro atoms. The average Bonchev–Trinajstić information content (AvgIpc) is 3.18. The zero-order valence-corrected chi connectivity index (χ0v) is 9.39. The van der Waals surface area contributed by atoms with Crippen LogP contribution in [0.1, 0.15) is 0 Å². The molecule has 4 rings (SSSR count). The number of imidazole rings is 1. The van der Waals surface area contributed by atoms with Gasteiger partial charge in [0.15, 0.2) is 11.6 Å². The average molecular weight is 254 g/mol. The third-order valence-corrected chi connectivity index (χ3v) is 2.67. The minimum absolute atomic E-state index is 0.505. The van der Waals surface area contributed by atoms with Crippen LogP contribution < -0.4 is 0 Å². The van der Waals surface area contributed by atoms with Crippen LogP contribution in [0.25, 0.3) is 28.7 Å². The van der Waals surface area contributed by atoms with Gasteiger partial charge in [0.05, 0.1) is 5.69 Å². The third kappa shape index (κ3) is 1.46. The van der Waals surface area contributed by atoms with Crippen LogP contribution in [0.3, 0.4) is 0 Å². The lowest BCUT2D eigenvalue weighted by atomic mass is 10.3. The van der Waals surface area contributed by atoms with Crippen molar-refractivity contribution in [2.45, 2.75) is 0 Å². The first-order valence-electron chi connectivity index (χ1n) is 5.38. The van der Waals surface area contributed by atoms with E-state index in [1.807, 2.05) is 28.8 Å². The van der Waals surface area contributed by atoms with Crippen LogP contribution in [0.5, 0.6) is 0 Å². The quantitative estimate of drug-likeness (QED) is 0.502. The number of fused-ring (bicyclic) bond motifs is 1. The van der Waals surface area contributed by atoms with Gasteiger partial charge >= 0.3 is 0 Å². The molecule has 0 aliphatic rings. The van der Waals surface area contributed by atoms with Crippen molar-refractivity contribution in [3.63, 3.8) is 0 Å². The molecule has 0 aromatic carbocycles. The number of pyridine rings is 1. The summed E-state index contributed by atoms with van der Waals surface area (Å²) in [6, 6.07) is 5.64. The number of hydrogen-bond donors (Lipinski definition) is 2. The van der Waals surface area contributed by atoms with Gasteiger partial charge in [0.1, 0.15) is 11.3 Å². The van der Waals surface area contributed by atoms with Crippen LogP contribution >= 0.6 is 0 Å². The number of nitrogens with one attached hydrogen (secondary N) is 2. The molecule has 0 saturated carbocycles. The summed E-state index contributed by atoms with van der Waals surface area (Å²) in [5.41, 5.74) is 2.19. The SMILES string of the molecule is c1cc(-c2nnn[nH]2)n2cc(-c3nnn[nH]3)nc2c1. The molecule has 4 heterocycles. The normalized spacial score (nSPS) is 11.2. The fourth-order valence-electron chi connectivity index (χ4n) is 1.85. The van der Waals surface area contributed by atoms with Gasteiger partial charge in [-0.15, -0.1) is 10.2 Å². The summed E-state index contributed by atoms with van der Waals surface area (Å²) in [5, 5.41) is 27.3. The highest BCUT2D eigenvalue weighted by atomic mass is 15.5. The fraction of sp³-hybridized carbons (Fsp3) is 0. The van der Waals surface area contributed by atoms with Crippen molar-refractivity contribution in [2.24, 2.45) is 0 Å². The van der Waals surface area contributed by atoms with Gasteiger partial charge in [-0.25, -0.2) is 15.2 Å². The Hall–Kier alpha value is -3.17. The van der Waals surface area contributed by atoms with Gasteiger partial charge in [0.25, 0.3) is 0 Å². The second-order valence-electron chi connectivity index (χ2n) is 3.77. The molecule has 0 amide bonds. The minimum atomic E-state index is 0.505. The van der Waals surface area contributed by atoms with E-state index in [1.165, 1.54) is 0 Å². The molecule has 0 radical (unpaired) electrons. The number of rotatable bonds is 2. The number of aromatic nitrogens is 10. The third-order valence-electron chi connectivity index (χ3n) is 2.67. The summed E-state index contributed by atoms with van der Waals surface area (Å²) < 4.78 is 1.86. The standard InChI is InChI=1S/C9H6N10/c1-2-6(9-13-17-18-14-9)19-4-5(10-7(19)3-1)8-11-15-16-12-8/h1-4H,(H,11,12,15,16)(H,13,14,17,18). The molecule has 4 aromatic rings. The molecule has 2 N–H and O–H groups in total. The molecule has 10 nitrogen and oxygen atoms in total. The molecule has 4 aromatic heterocycles. The van der Waals surface area contributed by atoms with Crippen LogP contribution in [-0.4, -0.2) is 50.6 Å².